The van der Waals surface area contributed by atoms with Crippen LogP contribution in [0.3, 0.4) is 0 Å². The van der Waals surface area contributed by atoms with E-state index in [1.54, 1.807) is 0 Å². The first-order valence-electron chi connectivity index (χ1n) is 9.63. The van der Waals surface area contributed by atoms with Gasteiger partial charge in [0.25, 0.3) is 0 Å². The Morgan fingerprint density at radius 2 is 2.04 bits per heavy atom. The van der Waals surface area contributed by atoms with Crippen LogP contribution in [-0.4, -0.2) is 60.4 Å². The molecule has 1 spiro atoms. The van der Waals surface area contributed by atoms with Gasteiger partial charge < -0.3 is 15.1 Å². The molecule has 1 aromatic rings. The average Bonchev–Trinajstić information content (AvgIpc) is 2.97. The third-order valence-corrected chi connectivity index (χ3v) is 6.90. The molecule has 4 rings (SSSR count). The summed E-state index contributed by atoms with van der Waals surface area (Å²) >= 11 is 0. The summed E-state index contributed by atoms with van der Waals surface area (Å²) in [4.78, 5) is 15.9. The van der Waals surface area contributed by atoms with Crippen molar-refractivity contribution in [3.05, 3.63) is 11.3 Å². The van der Waals surface area contributed by atoms with Crippen molar-refractivity contribution in [2.45, 2.75) is 58.0 Å². The number of carbonyl (C=O) groups is 1. The molecule has 1 atom stereocenters. The highest BCUT2D eigenvalue weighted by Gasteiger charge is 2.49. The lowest BCUT2D eigenvalue weighted by molar-refractivity contribution is -0.127. The van der Waals surface area contributed by atoms with Gasteiger partial charge in [-0.3, -0.25) is 9.48 Å². The smallest absolute Gasteiger partial charge is 0.222 e. The Morgan fingerprint density at radius 3 is 2.60 bits per heavy atom. The number of hydrogen-bond donors (Lipinski definition) is 1. The van der Waals surface area contributed by atoms with E-state index in [2.05, 4.69) is 35.8 Å². The van der Waals surface area contributed by atoms with E-state index in [0.29, 0.717) is 23.9 Å². The molecule has 3 aliphatic rings. The third kappa shape index (κ3) is 2.75. The zero-order valence-corrected chi connectivity index (χ0v) is 16.0. The second-order valence-corrected chi connectivity index (χ2v) is 8.55. The van der Waals surface area contributed by atoms with E-state index < -0.39 is 0 Å². The first-order chi connectivity index (χ1) is 11.9. The van der Waals surface area contributed by atoms with Crippen molar-refractivity contribution in [2.75, 3.05) is 38.6 Å². The number of carbonyl (C=O) groups excluding carboxylic acids is 1. The van der Waals surface area contributed by atoms with Crippen LogP contribution in [0.25, 0.3) is 0 Å². The summed E-state index contributed by atoms with van der Waals surface area (Å²) in [5, 5.41) is 8.39. The number of nitrogens with one attached hydrogen (secondary N) is 1. The van der Waals surface area contributed by atoms with Crippen molar-refractivity contribution in [1.29, 1.82) is 0 Å². The molecule has 1 amide bonds. The monoisotopic (exact) mass is 345 g/mol. The van der Waals surface area contributed by atoms with Gasteiger partial charge in [-0.05, 0) is 44.9 Å². The second-order valence-electron chi connectivity index (χ2n) is 8.55. The lowest BCUT2D eigenvalue weighted by Gasteiger charge is -2.54. The first-order valence-corrected chi connectivity index (χ1v) is 9.63. The van der Waals surface area contributed by atoms with Crippen LogP contribution in [0.15, 0.2) is 0 Å². The Kier molecular flexibility index (Phi) is 4.06. The minimum Gasteiger partial charge on any atom is -0.358 e. The lowest BCUT2D eigenvalue weighted by atomic mass is 9.61. The van der Waals surface area contributed by atoms with Crippen LogP contribution in [0, 0.1) is 19.3 Å². The number of aromatic nitrogens is 2. The van der Waals surface area contributed by atoms with Gasteiger partial charge in [0, 0.05) is 57.4 Å². The van der Waals surface area contributed by atoms with Crippen molar-refractivity contribution in [3.8, 4) is 0 Å². The fourth-order valence-corrected chi connectivity index (χ4v) is 4.83. The molecule has 3 fully saturated rings. The number of rotatable bonds is 5. The van der Waals surface area contributed by atoms with Gasteiger partial charge in [0.1, 0.15) is 0 Å². The third-order valence-electron chi connectivity index (χ3n) is 6.90. The van der Waals surface area contributed by atoms with Crippen LogP contribution in [0.4, 0.5) is 5.82 Å². The van der Waals surface area contributed by atoms with Gasteiger partial charge in [0.2, 0.25) is 5.91 Å². The fraction of sp³-hybridized carbons (Fsp3) is 0.789. The Balaban J connectivity index is 1.40. The van der Waals surface area contributed by atoms with E-state index in [9.17, 15) is 4.79 Å². The SMILES string of the molecule is Cc1c(N(C)CCC2CCC(=O)N2C)nn(C2CC3(CNC3)C2)c1C. The molecule has 0 aromatic carbocycles. The average molecular weight is 345 g/mol. The standard InChI is InChI=1S/C19H31N5O/c1-13-14(2)24(16-9-19(10-16)11-20-12-19)21-18(13)22(3)8-7-15-5-6-17(25)23(15)4/h15-16,20H,5-12H2,1-4H3. The summed E-state index contributed by atoms with van der Waals surface area (Å²) in [7, 11) is 4.07. The molecular weight excluding hydrogens is 314 g/mol. The zero-order chi connectivity index (χ0) is 17.8. The quantitative estimate of drug-likeness (QED) is 0.885. The number of hydrogen-bond acceptors (Lipinski definition) is 4. The maximum absolute atomic E-state index is 11.7. The van der Waals surface area contributed by atoms with Crippen LogP contribution >= 0.6 is 0 Å². The van der Waals surface area contributed by atoms with Gasteiger partial charge >= 0.3 is 0 Å². The first kappa shape index (κ1) is 16.9. The van der Waals surface area contributed by atoms with Crippen molar-refractivity contribution < 1.29 is 4.79 Å². The van der Waals surface area contributed by atoms with Gasteiger partial charge in [-0.2, -0.15) is 5.10 Å². The summed E-state index contributed by atoms with van der Waals surface area (Å²) in [6.07, 6.45) is 5.24. The van der Waals surface area contributed by atoms with E-state index in [0.717, 1.165) is 25.2 Å². The number of anilines is 1. The number of likely N-dealkylation sites (tertiary alicyclic amines) is 1. The molecule has 2 aliphatic heterocycles. The van der Waals surface area contributed by atoms with Crippen molar-refractivity contribution in [1.82, 2.24) is 20.0 Å². The highest BCUT2D eigenvalue weighted by atomic mass is 16.2. The van der Waals surface area contributed by atoms with Crippen LogP contribution in [0.2, 0.25) is 0 Å². The molecule has 1 aromatic heterocycles. The predicted octanol–water partition coefficient (Wildman–Crippen LogP) is 1.87. The molecule has 25 heavy (non-hydrogen) atoms. The fourth-order valence-electron chi connectivity index (χ4n) is 4.83. The van der Waals surface area contributed by atoms with E-state index in [1.165, 1.54) is 37.2 Å². The highest BCUT2D eigenvalue weighted by molar-refractivity contribution is 5.78. The van der Waals surface area contributed by atoms with E-state index in [4.69, 9.17) is 5.10 Å². The van der Waals surface area contributed by atoms with Gasteiger partial charge in [0.05, 0.1) is 6.04 Å². The molecule has 1 N–H and O–H groups in total. The Hall–Kier alpha value is -1.56. The van der Waals surface area contributed by atoms with Crippen LogP contribution in [0.1, 0.15) is 49.4 Å². The summed E-state index contributed by atoms with van der Waals surface area (Å²) < 4.78 is 2.27. The summed E-state index contributed by atoms with van der Waals surface area (Å²) in [5.41, 5.74) is 3.18. The minimum atomic E-state index is 0.286. The number of amides is 1. The van der Waals surface area contributed by atoms with Gasteiger partial charge in [-0.25, -0.2) is 0 Å². The molecule has 3 heterocycles. The maximum atomic E-state index is 11.7. The zero-order valence-electron chi connectivity index (χ0n) is 16.0. The van der Waals surface area contributed by atoms with E-state index >= 15 is 0 Å². The normalized spacial score (nSPS) is 25.4. The molecular formula is C19H31N5O. The summed E-state index contributed by atoms with van der Waals surface area (Å²) in [6, 6.07) is 0.956. The molecule has 2 saturated heterocycles. The molecule has 6 nitrogen and oxygen atoms in total. The van der Waals surface area contributed by atoms with Gasteiger partial charge in [-0.15, -0.1) is 0 Å². The Bertz CT molecular complexity index is 670. The van der Waals surface area contributed by atoms with Crippen LogP contribution < -0.4 is 10.2 Å². The van der Waals surface area contributed by atoms with Gasteiger partial charge in [0.15, 0.2) is 5.82 Å². The molecule has 1 saturated carbocycles. The van der Waals surface area contributed by atoms with E-state index in [1.807, 2.05) is 11.9 Å². The largest absolute Gasteiger partial charge is 0.358 e. The minimum absolute atomic E-state index is 0.286. The van der Waals surface area contributed by atoms with Crippen LogP contribution in [-0.2, 0) is 4.79 Å². The van der Waals surface area contributed by atoms with E-state index in [-0.39, 0.29) is 5.91 Å². The topological polar surface area (TPSA) is 53.4 Å². The number of nitrogens with zero attached hydrogens (tertiary/aromatic N) is 4. The lowest BCUT2D eigenvalue weighted by Crippen LogP contribution is -2.60. The predicted molar refractivity (Wildman–Crippen MR) is 99.0 cm³/mol. The molecule has 0 bridgehead atoms. The van der Waals surface area contributed by atoms with Crippen molar-refractivity contribution in [2.24, 2.45) is 5.41 Å². The van der Waals surface area contributed by atoms with Crippen molar-refractivity contribution >= 4 is 11.7 Å². The second kappa shape index (κ2) is 6.01. The molecule has 1 unspecified atom stereocenters. The molecule has 138 valence electrons. The summed E-state index contributed by atoms with van der Waals surface area (Å²) in [5.74, 6) is 1.39. The maximum Gasteiger partial charge on any atom is 0.222 e. The van der Waals surface area contributed by atoms with Crippen LogP contribution in [0.5, 0.6) is 0 Å². The van der Waals surface area contributed by atoms with Crippen molar-refractivity contribution in [3.63, 3.8) is 0 Å². The van der Waals surface area contributed by atoms with Gasteiger partial charge in [-0.1, -0.05) is 0 Å². The Morgan fingerprint density at radius 1 is 1.32 bits per heavy atom. The molecule has 6 heteroatoms. The summed E-state index contributed by atoms with van der Waals surface area (Å²) in [6.45, 7) is 7.70. The Labute approximate surface area is 150 Å². The molecule has 1 aliphatic carbocycles. The molecule has 0 radical (unpaired) electrons. The highest BCUT2D eigenvalue weighted by Crippen LogP contribution is 2.51.